The Hall–Kier alpha value is -2.43. The number of unbranched alkanes of at least 4 members (excludes halogenated alkanes) is 1. The molecule has 0 aliphatic heterocycles. The number of sulfonamides is 1. The van der Waals surface area contributed by atoms with Crippen LogP contribution in [0.1, 0.15) is 19.8 Å². The van der Waals surface area contributed by atoms with Crippen LogP contribution in [0.4, 0.5) is 24.1 Å². The lowest BCUT2D eigenvalue weighted by Crippen LogP contribution is -2.47. The van der Waals surface area contributed by atoms with Crippen LogP contribution in [0.5, 0.6) is 5.75 Å². The number of carbonyl (C=O) groups is 2. The van der Waals surface area contributed by atoms with Gasteiger partial charge in [-0.2, -0.15) is 8.78 Å². The maximum absolute atomic E-state index is 12.0. The molecule has 4 amide bonds. The van der Waals surface area contributed by atoms with E-state index >= 15 is 0 Å². The second-order valence-corrected chi connectivity index (χ2v) is 6.88. The van der Waals surface area contributed by atoms with Crippen LogP contribution < -0.4 is 15.4 Å². The number of nitrogens with zero attached hydrogens (tertiary/aromatic N) is 1. The van der Waals surface area contributed by atoms with Crippen molar-refractivity contribution in [3.8, 4) is 5.75 Å². The molecule has 8 nitrogen and oxygen atoms in total. The van der Waals surface area contributed by atoms with Crippen LogP contribution in [-0.2, 0) is 10.0 Å². The number of ether oxygens (including phenoxy) is 1. The van der Waals surface area contributed by atoms with Crippen molar-refractivity contribution in [3.05, 3.63) is 24.3 Å². The zero-order chi connectivity index (χ0) is 19.0. The van der Waals surface area contributed by atoms with Crippen LogP contribution in [-0.4, -0.2) is 44.2 Å². The lowest BCUT2D eigenvalue weighted by Gasteiger charge is -2.20. The summed E-state index contributed by atoms with van der Waals surface area (Å²) in [4.78, 5) is 23.7. The highest BCUT2D eigenvalue weighted by Crippen LogP contribution is 2.17. The summed E-state index contributed by atoms with van der Waals surface area (Å²) in [6.07, 6.45) is 1.98. The number of amides is 4. The molecule has 0 aliphatic carbocycles. The van der Waals surface area contributed by atoms with Gasteiger partial charge in [-0.15, -0.1) is 0 Å². The van der Waals surface area contributed by atoms with Gasteiger partial charge in [0.05, 0.1) is 6.26 Å². The standard InChI is InChI=1S/C14H19F2N3O5S/c1-3-4-9-19(25(2,22)23)14(21)18-13(20)17-10-5-7-11(8-6-10)24-12(15)16/h5-8,12H,3-4,9H2,1-2H3,(H2,17,18,20,21). The van der Waals surface area contributed by atoms with Crippen molar-refractivity contribution in [2.24, 2.45) is 0 Å². The van der Waals surface area contributed by atoms with E-state index in [-0.39, 0.29) is 18.0 Å². The van der Waals surface area contributed by atoms with Gasteiger partial charge in [0.25, 0.3) is 0 Å². The fourth-order valence-corrected chi connectivity index (χ4v) is 2.57. The largest absolute Gasteiger partial charge is 0.435 e. The van der Waals surface area contributed by atoms with Gasteiger partial charge in [0.2, 0.25) is 10.0 Å². The van der Waals surface area contributed by atoms with Gasteiger partial charge in [-0.3, -0.25) is 5.32 Å². The summed E-state index contributed by atoms with van der Waals surface area (Å²) in [7, 11) is -3.82. The number of hydrogen-bond acceptors (Lipinski definition) is 5. The molecule has 0 unspecified atom stereocenters. The highest BCUT2D eigenvalue weighted by atomic mass is 32.2. The zero-order valence-corrected chi connectivity index (χ0v) is 14.5. The van der Waals surface area contributed by atoms with Crippen LogP contribution in [0, 0.1) is 0 Å². The number of rotatable bonds is 7. The average molecular weight is 379 g/mol. The zero-order valence-electron chi connectivity index (χ0n) is 13.7. The number of alkyl halides is 2. The molecule has 0 radical (unpaired) electrons. The van der Waals surface area contributed by atoms with E-state index in [0.717, 1.165) is 6.26 Å². The molecule has 140 valence electrons. The van der Waals surface area contributed by atoms with Crippen LogP contribution in [0.3, 0.4) is 0 Å². The molecule has 1 aromatic rings. The van der Waals surface area contributed by atoms with Crippen LogP contribution >= 0.6 is 0 Å². The highest BCUT2D eigenvalue weighted by molar-refractivity contribution is 7.88. The molecule has 0 saturated carbocycles. The molecule has 0 bridgehead atoms. The molecule has 0 heterocycles. The Kier molecular flexibility index (Phi) is 7.55. The number of benzene rings is 1. The molecule has 1 rings (SSSR count). The molecule has 0 atom stereocenters. The van der Waals surface area contributed by atoms with E-state index in [9.17, 15) is 26.8 Å². The molecular formula is C14H19F2N3O5S. The molecule has 0 aliphatic rings. The lowest BCUT2D eigenvalue weighted by atomic mass is 10.3. The van der Waals surface area contributed by atoms with E-state index < -0.39 is 28.7 Å². The normalized spacial score (nSPS) is 11.1. The van der Waals surface area contributed by atoms with Gasteiger partial charge >= 0.3 is 18.7 Å². The number of nitrogens with one attached hydrogen (secondary N) is 2. The summed E-state index contributed by atoms with van der Waals surface area (Å²) >= 11 is 0. The summed E-state index contributed by atoms with van der Waals surface area (Å²) in [5.41, 5.74) is 0.200. The predicted octanol–water partition coefficient (Wildman–Crippen LogP) is 2.59. The van der Waals surface area contributed by atoms with Crippen LogP contribution in [0.2, 0.25) is 0 Å². The second kappa shape index (κ2) is 9.16. The fourth-order valence-electron chi connectivity index (χ4n) is 1.76. The number of carbonyl (C=O) groups excluding carboxylic acids is 2. The first kappa shape index (κ1) is 20.6. The quantitative estimate of drug-likeness (QED) is 0.758. The average Bonchev–Trinajstić information content (AvgIpc) is 2.47. The van der Waals surface area contributed by atoms with Crippen molar-refractivity contribution in [1.82, 2.24) is 9.62 Å². The number of halogens is 2. The Labute approximate surface area is 144 Å². The van der Waals surface area contributed by atoms with Crippen molar-refractivity contribution >= 4 is 27.8 Å². The Balaban J connectivity index is 2.66. The Bertz CT molecular complexity index is 695. The predicted molar refractivity (Wildman–Crippen MR) is 87.1 cm³/mol. The molecule has 0 saturated heterocycles. The van der Waals surface area contributed by atoms with Crippen molar-refractivity contribution in [3.63, 3.8) is 0 Å². The maximum Gasteiger partial charge on any atom is 0.387 e. The van der Waals surface area contributed by atoms with E-state index in [1.54, 1.807) is 0 Å². The van der Waals surface area contributed by atoms with E-state index in [4.69, 9.17) is 0 Å². The molecule has 2 N–H and O–H groups in total. The first-order valence-electron chi connectivity index (χ1n) is 7.28. The number of imide groups is 1. The first-order valence-corrected chi connectivity index (χ1v) is 9.13. The van der Waals surface area contributed by atoms with E-state index in [1.165, 1.54) is 24.3 Å². The summed E-state index contributed by atoms with van der Waals surface area (Å²) in [5, 5.41) is 4.18. The number of hydrogen-bond donors (Lipinski definition) is 2. The topological polar surface area (TPSA) is 105 Å². The minimum absolute atomic E-state index is 0.0475. The van der Waals surface area contributed by atoms with E-state index in [2.05, 4.69) is 10.1 Å². The van der Waals surface area contributed by atoms with Gasteiger partial charge < -0.3 is 10.1 Å². The second-order valence-electron chi connectivity index (χ2n) is 4.98. The van der Waals surface area contributed by atoms with Crippen molar-refractivity contribution in [2.45, 2.75) is 26.4 Å². The van der Waals surface area contributed by atoms with Gasteiger partial charge in [-0.25, -0.2) is 22.3 Å². The monoisotopic (exact) mass is 379 g/mol. The van der Waals surface area contributed by atoms with Crippen molar-refractivity contribution in [1.29, 1.82) is 0 Å². The fraction of sp³-hybridized carbons (Fsp3) is 0.429. The third-order valence-electron chi connectivity index (χ3n) is 2.90. The lowest BCUT2D eigenvalue weighted by molar-refractivity contribution is -0.0498. The maximum atomic E-state index is 12.0. The summed E-state index contributed by atoms with van der Waals surface area (Å²) < 4.78 is 52.0. The third-order valence-corrected chi connectivity index (χ3v) is 4.05. The summed E-state index contributed by atoms with van der Waals surface area (Å²) in [6.45, 7) is -1.19. The Morgan fingerprint density at radius 2 is 1.84 bits per heavy atom. The SMILES string of the molecule is CCCCN(C(=O)NC(=O)Nc1ccc(OC(F)F)cc1)S(C)(=O)=O. The van der Waals surface area contributed by atoms with Crippen LogP contribution in [0.25, 0.3) is 0 Å². The Morgan fingerprint density at radius 1 is 1.24 bits per heavy atom. The van der Waals surface area contributed by atoms with Gasteiger partial charge in [-0.1, -0.05) is 13.3 Å². The van der Waals surface area contributed by atoms with Crippen molar-refractivity contribution < 1.29 is 31.5 Å². The highest BCUT2D eigenvalue weighted by Gasteiger charge is 2.24. The van der Waals surface area contributed by atoms with E-state index in [1.807, 2.05) is 12.2 Å². The summed E-state index contributed by atoms with van der Waals surface area (Å²) in [6, 6.07) is 2.94. The van der Waals surface area contributed by atoms with Crippen molar-refractivity contribution in [2.75, 3.05) is 18.1 Å². The van der Waals surface area contributed by atoms with Gasteiger partial charge in [-0.05, 0) is 30.7 Å². The molecule has 0 fully saturated rings. The number of urea groups is 2. The minimum Gasteiger partial charge on any atom is -0.435 e. The molecule has 0 spiro atoms. The van der Waals surface area contributed by atoms with Gasteiger partial charge in [0, 0.05) is 12.2 Å². The van der Waals surface area contributed by atoms with Gasteiger partial charge in [0.1, 0.15) is 5.75 Å². The van der Waals surface area contributed by atoms with Gasteiger partial charge in [0.15, 0.2) is 0 Å². The number of anilines is 1. The third kappa shape index (κ3) is 7.33. The molecule has 0 aromatic heterocycles. The molecule has 11 heteroatoms. The molecule has 25 heavy (non-hydrogen) atoms. The molecule has 1 aromatic carbocycles. The molecular weight excluding hydrogens is 360 g/mol. The Morgan fingerprint density at radius 3 is 2.32 bits per heavy atom. The van der Waals surface area contributed by atoms with Crippen LogP contribution in [0.15, 0.2) is 24.3 Å². The minimum atomic E-state index is -3.82. The summed E-state index contributed by atoms with van der Waals surface area (Å²) in [5.74, 6) is -0.0974. The smallest absolute Gasteiger partial charge is 0.387 e. The van der Waals surface area contributed by atoms with E-state index in [0.29, 0.717) is 17.1 Å². The first-order chi connectivity index (χ1) is 11.6.